The van der Waals surface area contributed by atoms with Crippen LogP contribution in [-0.2, 0) is 23.9 Å². The molecular weight excluding hydrogens is 452 g/mol. The van der Waals surface area contributed by atoms with E-state index in [2.05, 4.69) is 0 Å². The van der Waals surface area contributed by atoms with E-state index >= 15 is 0 Å². The van der Waals surface area contributed by atoms with Crippen molar-refractivity contribution in [2.24, 2.45) is 11.3 Å². The Morgan fingerprint density at radius 2 is 1.97 bits per heavy atom. The summed E-state index contributed by atoms with van der Waals surface area (Å²) >= 11 is 6.98. The van der Waals surface area contributed by atoms with Crippen LogP contribution >= 0.6 is 23.6 Å². The minimum absolute atomic E-state index is 0.116. The smallest absolute Gasteiger partial charge is 0.358 e. The highest BCUT2D eigenvalue weighted by Crippen LogP contribution is 2.48. The zero-order valence-electron chi connectivity index (χ0n) is 19.0. The number of hydrogen-bond donors (Lipinski definition) is 1. The molecule has 0 aliphatic carbocycles. The van der Waals surface area contributed by atoms with Crippen molar-refractivity contribution in [1.29, 1.82) is 0 Å². The number of carbonyl (C=O) groups is 3. The van der Waals surface area contributed by atoms with E-state index in [1.165, 1.54) is 16.2 Å². The zero-order valence-corrected chi connectivity index (χ0v) is 20.6. The average Bonchev–Trinajstić information content (AvgIpc) is 3.28. The van der Waals surface area contributed by atoms with Crippen LogP contribution in [0.3, 0.4) is 0 Å². The van der Waals surface area contributed by atoms with Crippen LogP contribution in [0.25, 0.3) is 5.57 Å². The number of β-lactam (4-membered cyclic amide) rings is 1. The predicted molar refractivity (Wildman–Crippen MR) is 124 cm³/mol. The van der Waals surface area contributed by atoms with Crippen molar-refractivity contribution in [2.45, 2.75) is 46.3 Å². The topological polar surface area (TPSA) is 96.4 Å². The van der Waals surface area contributed by atoms with Crippen molar-refractivity contribution in [3.05, 3.63) is 27.6 Å². The van der Waals surface area contributed by atoms with Crippen molar-refractivity contribution < 1.29 is 29.0 Å². The van der Waals surface area contributed by atoms with E-state index in [-0.39, 0.29) is 17.6 Å². The lowest BCUT2D eigenvalue weighted by Gasteiger charge is -2.44. The first-order valence-electron chi connectivity index (χ1n) is 10.2. The first-order chi connectivity index (χ1) is 14.9. The second kappa shape index (κ2) is 8.92. The van der Waals surface area contributed by atoms with E-state index in [0.717, 1.165) is 11.1 Å². The fourth-order valence-electron chi connectivity index (χ4n) is 3.86. The van der Waals surface area contributed by atoms with Gasteiger partial charge in [0.15, 0.2) is 0 Å². The van der Waals surface area contributed by atoms with Gasteiger partial charge in [0, 0.05) is 30.6 Å². The Morgan fingerprint density at radius 3 is 2.53 bits per heavy atom. The van der Waals surface area contributed by atoms with Gasteiger partial charge in [-0.2, -0.15) is 11.3 Å². The van der Waals surface area contributed by atoms with Crippen molar-refractivity contribution >= 4 is 52.0 Å². The summed E-state index contributed by atoms with van der Waals surface area (Å²) in [5.41, 5.74) is 1.57. The van der Waals surface area contributed by atoms with Crippen LogP contribution in [0, 0.1) is 11.3 Å². The number of fused-ring (bicyclic) bond motifs is 1. The second-order valence-corrected chi connectivity index (χ2v) is 10.3. The minimum atomic E-state index is -0.835. The molecule has 1 fully saturated rings. The monoisotopic (exact) mass is 480 g/mol. The molecule has 0 unspecified atom stereocenters. The highest BCUT2D eigenvalue weighted by Gasteiger charge is 2.57. The van der Waals surface area contributed by atoms with Gasteiger partial charge in [0.2, 0.25) is 12.7 Å². The maximum atomic E-state index is 13.0. The molecule has 8 nitrogen and oxygen atoms in total. The Balaban J connectivity index is 1.92. The molecule has 32 heavy (non-hydrogen) atoms. The Bertz CT molecular complexity index is 989. The van der Waals surface area contributed by atoms with Gasteiger partial charge in [-0.1, -0.05) is 12.2 Å². The maximum absolute atomic E-state index is 13.0. The number of aliphatic hydroxyl groups is 1. The molecule has 0 saturated carbocycles. The largest absolute Gasteiger partial charge is 0.427 e. The maximum Gasteiger partial charge on any atom is 0.358 e. The quantitative estimate of drug-likeness (QED) is 0.287. The van der Waals surface area contributed by atoms with Gasteiger partial charge in [-0.15, -0.1) is 0 Å². The number of amides is 1. The molecule has 3 atom stereocenters. The number of ether oxygens (including phenoxy) is 2. The summed E-state index contributed by atoms with van der Waals surface area (Å²) in [6.07, 6.45) is -0.439. The fourth-order valence-corrected chi connectivity index (χ4v) is 4.95. The lowest BCUT2D eigenvalue weighted by atomic mass is 9.82. The van der Waals surface area contributed by atoms with Crippen molar-refractivity contribution in [3.8, 4) is 0 Å². The molecule has 174 valence electrons. The Hall–Kier alpha value is -2.30. The first kappa shape index (κ1) is 24.3. The van der Waals surface area contributed by atoms with E-state index < -0.39 is 36.2 Å². The number of esters is 2. The van der Waals surface area contributed by atoms with Gasteiger partial charge in [0.05, 0.1) is 23.5 Å². The molecular formula is C22H28N2O6S2. The Labute approximate surface area is 196 Å². The molecule has 1 amide bonds. The Kier molecular flexibility index (Phi) is 6.78. The van der Waals surface area contributed by atoms with Crippen LogP contribution in [0.4, 0.5) is 0 Å². The van der Waals surface area contributed by atoms with Gasteiger partial charge in [-0.05, 0) is 45.1 Å². The molecule has 0 radical (unpaired) electrons. The number of aliphatic hydroxyl groups excluding tert-OH is 1. The van der Waals surface area contributed by atoms with Gasteiger partial charge in [0.1, 0.15) is 10.7 Å². The lowest BCUT2D eigenvalue weighted by Crippen LogP contribution is -2.61. The molecule has 3 rings (SSSR count). The van der Waals surface area contributed by atoms with Gasteiger partial charge in [-0.3, -0.25) is 9.59 Å². The summed E-state index contributed by atoms with van der Waals surface area (Å²) in [7, 11) is 3.68. The van der Waals surface area contributed by atoms with Crippen LogP contribution in [0.5, 0.6) is 0 Å². The third-order valence-electron chi connectivity index (χ3n) is 5.54. The summed E-state index contributed by atoms with van der Waals surface area (Å²) in [6.45, 7) is 6.10. The van der Waals surface area contributed by atoms with E-state index in [4.69, 9.17) is 21.7 Å². The first-order valence-corrected chi connectivity index (χ1v) is 11.6. The van der Waals surface area contributed by atoms with Gasteiger partial charge < -0.3 is 24.4 Å². The molecule has 1 aromatic heterocycles. The van der Waals surface area contributed by atoms with Crippen LogP contribution in [0.15, 0.2) is 16.5 Å². The molecule has 1 aromatic rings. The second-order valence-electron chi connectivity index (χ2n) is 9.20. The molecule has 0 spiro atoms. The third kappa shape index (κ3) is 4.31. The molecule has 2 aliphatic heterocycles. The number of thiophene rings is 1. The van der Waals surface area contributed by atoms with E-state index in [1.54, 1.807) is 32.6 Å². The molecule has 0 aromatic carbocycles. The van der Waals surface area contributed by atoms with Crippen molar-refractivity contribution in [3.63, 3.8) is 0 Å². The standard InChI is InChI=1S/C22H28N2O6S2/c1-11(25)16-15-7-12(13-8-32-9-14(13)19(31)23(5)6)17(24(15)18(16)26)20(27)29-10-30-21(28)22(2,3)4/h8-9,11,15-16,25H,7,10H2,1-6H3/t11-,15-,16-/m1/s1. The zero-order chi connectivity index (χ0) is 24.0. The van der Waals surface area contributed by atoms with Crippen LogP contribution < -0.4 is 0 Å². The molecule has 10 heteroatoms. The summed E-state index contributed by atoms with van der Waals surface area (Å²) in [5.74, 6) is -2.17. The van der Waals surface area contributed by atoms with E-state index in [0.29, 0.717) is 17.0 Å². The number of thiocarbonyl (C=S) groups is 1. The fraction of sp³-hybridized carbons (Fsp3) is 0.545. The lowest BCUT2D eigenvalue weighted by molar-refractivity contribution is -0.175. The summed E-state index contributed by atoms with van der Waals surface area (Å²) in [4.78, 5) is 41.6. The van der Waals surface area contributed by atoms with Gasteiger partial charge >= 0.3 is 11.9 Å². The normalized spacial score (nSPS) is 21.1. The molecule has 2 aliphatic rings. The van der Waals surface area contributed by atoms with Crippen LogP contribution in [0.2, 0.25) is 0 Å². The van der Waals surface area contributed by atoms with Gasteiger partial charge in [0.25, 0.3) is 0 Å². The molecule has 1 saturated heterocycles. The Morgan fingerprint density at radius 1 is 1.31 bits per heavy atom. The van der Waals surface area contributed by atoms with Crippen LogP contribution in [-0.4, -0.2) is 70.8 Å². The summed E-state index contributed by atoms with van der Waals surface area (Å²) in [5, 5.41) is 13.9. The molecule has 0 bridgehead atoms. The highest BCUT2D eigenvalue weighted by molar-refractivity contribution is 7.80. The van der Waals surface area contributed by atoms with Gasteiger partial charge in [-0.25, -0.2) is 4.79 Å². The summed E-state index contributed by atoms with van der Waals surface area (Å²) < 4.78 is 10.3. The van der Waals surface area contributed by atoms with E-state index in [9.17, 15) is 19.5 Å². The number of hydrogen-bond acceptors (Lipinski definition) is 8. The minimum Gasteiger partial charge on any atom is -0.427 e. The van der Waals surface area contributed by atoms with Crippen molar-refractivity contribution in [2.75, 3.05) is 20.9 Å². The number of rotatable bonds is 6. The third-order valence-corrected chi connectivity index (χ3v) is 6.87. The van der Waals surface area contributed by atoms with Crippen molar-refractivity contribution in [1.82, 2.24) is 9.80 Å². The number of carbonyl (C=O) groups excluding carboxylic acids is 3. The predicted octanol–water partition coefficient (Wildman–Crippen LogP) is 2.40. The molecule has 1 N–H and O–H groups in total. The molecule has 3 heterocycles. The van der Waals surface area contributed by atoms with Crippen LogP contribution in [0.1, 0.15) is 45.2 Å². The average molecular weight is 481 g/mol. The summed E-state index contributed by atoms with van der Waals surface area (Å²) in [6, 6.07) is -0.335. The van der Waals surface area contributed by atoms with E-state index in [1.807, 2.05) is 24.9 Å². The highest BCUT2D eigenvalue weighted by atomic mass is 32.1. The SMILES string of the molecule is C[C@@H](O)[C@H]1C(=O)N2C(C(=O)OCOC(=O)C(C)(C)C)=C(c3cscc3C(=S)N(C)C)C[C@H]12. The number of nitrogens with zero attached hydrogens (tertiary/aromatic N) is 2.